The first-order valence-electron chi connectivity index (χ1n) is 8.21. The third-order valence-corrected chi connectivity index (χ3v) is 5.52. The molecule has 1 aliphatic rings. The maximum absolute atomic E-state index is 10.7. The standard InChI is InChI=1S/C19H20Cl2N2O2.ClH.H3N/c1-22-18-7-5-13(12-3-6-16(20)17(21)9-12)14-4-2-11(8-15(14)18)10-23-19(24)25;;/h2-4,6,8-9,13,18,22-23H,5,7,10H2,1H3,(H,24,25);1H;1H3. The van der Waals surface area contributed by atoms with Crippen LogP contribution in [0.1, 0.15) is 47.1 Å². The average molecular weight is 433 g/mol. The van der Waals surface area contributed by atoms with Crippen LogP contribution in [0.5, 0.6) is 0 Å². The maximum Gasteiger partial charge on any atom is 0.404 e. The van der Waals surface area contributed by atoms with Crippen molar-refractivity contribution in [1.29, 1.82) is 0 Å². The first kappa shape index (κ1) is 23.5. The molecule has 2 unspecified atom stereocenters. The molecule has 0 saturated heterocycles. The molecule has 0 bridgehead atoms. The summed E-state index contributed by atoms with van der Waals surface area (Å²) in [6, 6.07) is 12.3. The summed E-state index contributed by atoms with van der Waals surface area (Å²) in [4.78, 5) is 10.7. The van der Waals surface area contributed by atoms with Crippen molar-refractivity contribution in [1.82, 2.24) is 16.8 Å². The van der Waals surface area contributed by atoms with Crippen molar-refractivity contribution in [3.05, 3.63) is 68.7 Å². The largest absolute Gasteiger partial charge is 0.465 e. The van der Waals surface area contributed by atoms with Crippen molar-refractivity contribution in [3.63, 3.8) is 0 Å². The van der Waals surface area contributed by atoms with Crippen LogP contribution in [0.4, 0.5) is 4.79 Å². The van der Waals surface area contributed by atoms with Crippen LogP contribution in [0.3, 0.4) is 0 Å². The molecule has 0 fully saturated rings. The molecule has 0 saturated carbocycles. The van der Waals surface area contributed by atoms with E-state index in [1.54, 1.807) is 0 Å². The van der Waals surface area contributed by atoms with Crippen molar-refractivity contribution in [2.75, 3.05) is 7.05 Å². The number of carbonyl (C=O) groups is 1. The Balaban J connectivity index is 0.00000182. The number of hydrogen-bond acceptors (Lipinski definition) is 3. The van der Waals surface area contributed by atoms with E-state index in [1.165, 1.54) is 11.1 Å². The average Bonchev–Trinajstić information content (AvgIpc) is 2.61. The lowest BCUT2D eigenvalue weighted by molar-refractivity contribution is 0.194. The van der Waals surface area contributed by atoms with E-state index in [0.29, 0.717) is 16.6 Å². The highest BCUT2D eigenvalue weighted by atomic mass is 35.5. The second kappa shape index (κ2) is 10.2. The van der Waals surface area contributed by atoms with Crippen LogP contribution in [0.2, 0.25) is 10.0 Å². The van der Waals surface area contributed by atoms with Gasteiger partial charge in [0.1, 0.15) is 0 Å². The van der Waals surface area contributed by atoms with Crippen molar-refractivity contribution in [3.8, 4) is 0 Å². The molecule has 0 aromatic heterocycles. The molecule has 6 N–H and O–H groups in total. The van der Waals surface area contributed by atoms with Crippen molar-refractivity contribution in [2.24, 2.45) is 0 Å². The molecule has 8 heteroatoms. The minimum absolute atomic E-state index is 0. The molecule has 2 aromatic carbocycles. The zero-order valence-corrected chi connectivity index (χ0v) is 17.3. The number of hydrogen-bond donors (Lipinski definition) is 4. The smallest absolute Gasteiger partial charge is 0.404 e. The van der Waals surface area contributed by atoms with Gasteiger partial charge in [-0.25, -0.2) is 4.79 Å². The number of carboxylic acid groups (broad SMARTS) is 1. The van der Waals surface area contributed by atoms with Crippen LogP contribution in [0.15, 0.2) is 36.4 Å². The van der Waals surface area contributed by atoms with E-state index in [9.17, 15) is 4.79 Å². The van der Waals surface area contributed by atoms with Crippen LogP contribution < -0.4 is 16.8 Å². The number of nitrogens with one attached hydrogen (secondary N) is 2. The zero-order chi connectivity index (χ0) is 18.0. The summed E-state index contributed by atoms with van der Waals surface area (Å²) in [5.41, 5.74) is 4.58. The first-order chi connectivity index (χ1) is 12.0. The number of halogens is 3. The van der Waals surface area contributed by atoms with Gasteiger partial charge in [0.15, 0.2) is 0 Å². The summed E-state index contributed by atoms with van der Waals surface area (Å²) < 4.78 is 0. The van der Waals surface area contributed by atoms with Gasteiger partial charge in [-0.1, -0.05) is 47.5 Å². The third kappa shape index (κ3) is 5.27. The van der Waals surface area contributed by atoms with Crippen LogP contribution in [0.25, 0.3) is 0 Å². The zero-order valence-electron chi connectivity index (χ0n) is 15.0. The fourth-order valence-electron chi connectivity index (χ4n) is 3.55. The van der Waals surface area contributed by atoms with Crippen LogP contribution in [-0.4, -0.2) is 18.2 Å². The molecule has 0 heterocycles. The molecule has 0 spiro atoms. The molecule has 1 amide bonds. The lowest BCUT2D eigenvalue weighted by atomic mass is 9.76. The molecule has 5 nitrogen and oxygen atoms in total. The minimum atomic E-state index is -1.02. The Morgan fingerprint density at radius 2 is 1.85 bits per heavy atom. The molecule has 27 heavy (non-hydrogen) atoms. The Hall–Kier alpha value is -1.50. The van der Waals surface area contributed by atoms with Gasteiger partial charge in [-0.05, 0) is 54.3 Å². The molecular weight excluding hydrogens is 409 g/mol. The highest BCUT2D eigenvalue weighted by molar-refractivity contribution is 6.42. The Morgan fingerprint density at radius 1 is 1.11 bits per heavy atom. The molecule has 3 rings (SSSR count). The Bertz CT molecular complexity index is 802. The molecule has 0 radical (unpaired) electrons. The van der Waals surface area contributed by atoms with Gasteiger partial charge in [0.05, 0.1) is 10.0 Å². The van der Waals surface area contributed by atoms with Gasteiger partial charge in [-0.2, -0.15) is 0 Å². The normalized spacial score (nSPS) is 17.9. The molecular formula is C19H24Cl3N3O2. The summed E-state index contributed by atoms with van der Waals surface area (Å²) >= 11 is 12.3. The summed E-state index contributed by atoms with van der Waals surface area (Å²) in [6.07, 6.45) is 1.00. The van der Waals surface area contributed by atoms with Crippen LogP contribution in [-0.2, 0) is 6.54 Å². The SMILES string of the molecule is CNC1CCC(c2ccc(Cl)c(Cl)c2)c2ccc(CNC(=O)O)cc21.Cl.N. The van der Waals surface area contributed by atoms with Crippen molar-refractivity contribution in [2.45, 2.75) is 31.3 Å². The first-order valence-corrected chi connectivity index (χ1v) is 8.97. The fourth-order valence-corrected chi connectivity index (χ4v) is 3.86. The number of fused-ring (bicyclic) bond motifs is 1. The van der Waals surface area contributed by atoms with Crippen LogP contribution >= 0.6 is 35.6 Å². The minimum Gasteiger partial charge on any atom is -0.465 e. The Kier molecular flexibility index (Phi) is 8.85. The topological polar surface area (TPSA) is 96.4 Å². The van der Waals surface area contributed by atoms with E-state index in [2.05, 4.69) is 22.8 Å². The van der Waals surface area contributed by atoms with Gasteiger partial charge in [0.25, 0.3) is 0 Å². The van der Waals surface area contributed by atoms with E-state index < -0.39 is 6.09 Å². The predicted molar refractivity (Wildman–Crippen MR) is 113 cm³/mol. The monoisotopic (exact) mass is 431 g/mol. The summed E-state index contributed by atoms with van der Waals surface area (Å²) in [5, 5.41) is 15.7. The van der Waals surface area contributed by atoms with Gasteiger partial charge in [0.2, 0.25) is 0 Å². The quantitative estimate of drug-likeness (QED) is 0.510. The van der Waals surface area contributed by atoms with Gasteiger partial charge in [-0.15, -0.1) is 12.4 Å². The molecule has 1 aliphatic carbocycles. The van der Waals surface area contributed by atoms with E-state index in [4.69, 9.17) is 28.3 Å². The Labute approximate surface area is 175 Å². The van der Waals surface area contributed by atoms with Crippen LogP contribution in [0, 0.1) is 0 Å². The second-order valence-electron chi connectivity index (χ2n) is 6.27. The second-order valence-corrected chi connectivity index (χ2v) is 7.08. The lowest BCUT2D eigenvalue weighted by Gasteiger charge is -2.32. The van der Waals surface area contributed by atoms with Gasteiger partial charge >= 0.3 is 6.09 Å². The molecule has 2 aromatic rings. The third-order valence-electron chi connectivity index (χ3n) is 4.78. The van der Waals surface area contributed by atoms with E-state index in [0.717, 1.165) is 24.0 Å². The lowest BCUT2D eigenvalue weighted by Crippen LogP contribution is -2.25. The van der Waals surface area contributed by atoms with E-state index >= 15 is 0 Å². The van der Waals surface area contributed by atoms with Gasteiger partial charge in [-0.3, -0.25) is 0 Å². The highest BCUT2D eigenvalue weighted by Crippen LogP contribution is 2.42. The molecule has 2 atom stereocenters. The fraction of sp³-hybridized carbons (Fsp3) is 0.316. The molecule has 148 valence electrons. The summed E-state index contributed by atoms with van der Waals surface area (Å²) in [7, 11) is 1.95. The van der Waals surface area contributed by atoms with Crippen molar-refractivity contribution >= 4 is 41.7 Å². The van der Waals surface area contributed by atoms with Gasteiger partial charge < -0.3 is 21.9 Å². The maximum atomic E-state index is 10.7. The summed E-state index contributed by atoms with van der Waals surface area (Å²) in [5.74, 6) is 0.260. The number of amides is 1. The molecule has 0 aliphatic heterocycles. The predicted octanol–water partition coefficient (Wildman–Crippen LogP) is 5.53. The van der Waals surface area contributed by atoms with Gasteiger partial charge in [0, 0.05) is 18.5 Å². The van der Waals surface area contributed by atoms with E-state index in [1.807, 2.05) is 31.3 Å². The Morgan fingerprint density at radius 3 is 2.48 bits per heavy atom. The number of rotatable bonds is 4. The van der Waals surface area contributed by atoms with E-state index in [-0.39, 0.29) is 30.5 Å². The summed E-state index contributed by atoms with van der Waals surface area (Å²) in [6.45, 7) is 0.302. The van der Waals surface area contributed by atoms with Crippen molar-refractivity contribution < 1.29 is 9.90 Å². The highest BCUT2D eigenvalue weighted by Gasteiger charge is 2.28. The number of benzene rings is 2.